The van der Waals surface area contributed by atoms with E-state index in [2.05, 4.69) is 22.9 Å². The number of aromatic nitrogens is 2. The molecule has 146 valence electrons. The maximum absolute atomic E-state index is 12.8. The van der Waals surface area contributed by atoms with Crippen LogP contribution in [-0.4, -0.2) is 26.2 Å². The smallest absolute Gasteiger partial charge is 0.262 e. The maximum Gasteiger partial charge on any atom is 0.262 e. The van der Waals surface area contributed by atoms with Gasteiger partial charge in [-0.05, 0) is 31.9 Å². The summed E-state index contributed by atoms with van der Waals surface area (Å²) in [5.74, 6) is -0.207. The van der Waals surface area contributed by atoms with Crippen LogP contribution in [0.25, 0.3) is 10.9 Å². The first kappa shape index (κ1) is 20.2. The van der Waals surface area contributed by atoms with Gasteiger partial charge in [0.25, 0.3) is 5.56 Å². The molecule has 1 amide bonds. The van der Waals surface area contributed by atoms with Crippen molar-refractivity contribution in [1.29, 1.82) is 5.26 Å². The third-order valence-corrected chi connectivity index (χ3v) is 6.16. The van der Waals surface area contributed by atoms with Crippen molar-refractivity contribution in [3.8, 4) is 6.07 Å². The molecule has 3 rings (SSSR count). The van der Waals surface area contributed by atoms with Gasteiger partial charge in [0.05, 0.1) is 22.2 Å². The zero-order chi connectivity index (χ0) is 20.1. The van der Waals surface area contributed by atoms with Crippen molar-refractivity contribution in [2.75, 3.05) is 0 Å². The van der Waals surface area contributed by atoms with E-state index in [4.69, 9.17) is 0 Å². The maximum atomic E-state index is 12.8. The summed E-state index contributed by atoms with van der Waals surface area (Å²) in [6.45, 7) is 5.80. The molecule has 2 aromatic rings. The lowest BCUT2D eigenvalue weighted by atomic mass is 9.83. The molecule has 1 atom stereocenters. The van der Waals surface area contributed by atoms with Crippen LogP contribution in [0, 0.1) is 11.3 Å². The molecule has 0 bridgehead atoms. The van der Waals surface area contributed by atoms with E-state index in [0.717, 1.165) is 19.3 Å². The molecule has 0 spiro atoms. The number of thioether (sulfide) groups is 1. The van der Waals surface area contributed by atoms with E-state index in [0.29, 0.717) is 35.4 Å². The van der Waals surface area contributed by atoms with E-state index in [9.17, 15) is 14.9 Å². The molecule has 1 aromatic heterocycles. The lowest BCUT2D eigenvalue weighted by Gasteiger charge is -2.32. The number of para-hydroxylation sites is 1. The van der Waals surface area contributed by atoms with Gasteiger partial charge in [0.2, 0.25) is 5.91 Å². The molecular formula is C21H24N4O2S. The lowest BCUT2D eigenvalue weighted by Crippen LogP contribution is -2.51. The van der Waals surface area contributed by atoms with Crippen molar-refractivity contribution in [3.63, 3.8) is 0 Å². The van der Waals surface area contributed by atoms with Gasteiger partial charge in [-0.1, -0.05) is 49.2 Å². The summed E-state index contributed by atoms with van der Waals surface area (Å²) in [6.07, 6.45) is 5.99. The van der Waals surface area contributed by atoms with Crippen LogP contribution in [0.3, 0.4) is 0 Å². The molecule has 1 aliphatic carbocycles. The van der Waals surface area contributed by atoms with E-state index < -0.39 is 10.8 Å². The van der Waals surface area contributed by atoms with Gasteiger partial charge in [-0.15, -0.1) is 6.58 Å². The predicted octanol–water partition coefficient (Wildman–Crippen LogP) is 3.41. The molecule has 0 aliphatic heterocycles. The van der Waals surface area contributed by atoms with Crippen molar-refractivity contribution < 1.29 is 4.79 Å². The second-order valence-electron chi connectivity index (χ2n) is 7.12. The Balaban J connectivity index is 1.85. The van der Waals surface area contributed by atoms with E-state index >= 15 is 0 Å². The topological polar surface area (TPSA) is 87.8 Å². The van der Waals surface area contributed by atoms with Crippen molar-refractivity contribution in [3.05, 3.63) is 47.3 Å². The number of nitriles is 1. The zero-order valence-corrected chi connectivity index (χ0v) is 16.8. The summed E-state index contributed by atoms with van der Waals surface area (Å²) in [5, 5.41) is 13.1. The van der Waals surface area contributed by atoms with E-state index in [-0.39, 0.29) is 11.5 Å². The monoisotopic (exact) mass is 396 g/mol. The number of amides is 1. The van der Waals surface area contributed by atoms with Crippen molar-refractivity contribution in [1.82, 2.24) is 14.9 Å². The molecular weight excluding hydrogens is 372 g/mol. The average molecular weight is 397 g/mol. The fraction of sp³-hybridized carbons (Fsp3) is 0.429. The highest BCUT2D eigenvalue weighted by atomic mass is 32.2. The zero-order valence-electron chi connectivity index (χ0n) is 16.0. The van der Waals surface area contributed by atoms with Crippen molar-refractivity contribution >= 4 is 28.6 Å². The minimum absolute atomic E-state index is 0.151. The number of hydrogen-bond acceptors (Lipinski definition) is 5. The molecule has 1 N–H and O–H groups in total. The number of benzene rings is 1. The summed E-state index contributed by atoms with van der Waals surface area (Å²) in [4.78, 5) is 30.2. The molecule has 6 nitrogen and oxygen atoms in total. The van der Waals surface area contributed by atoms with Gasteiger partial charge in [0.15, 0.2) is 5.16 Å². The second-order valence-corrected chi connectivity index (χ2v) is 8.43. The molecule has 0 radical (unpaired) electrons. The molecule has 1 saturated carbocycles. The van der Waals surface area contributed by atoms with Crippen LogP contribution in [0.1, 0.15) is 39.0 Å². The van der Waals surface area contributed by atoms with Gasteiger partial charge in [0.1, 0.15) is 5.54 Å². The number of carbonyl (C=O) groups is 1. The minimum Gasteiger partial charge on any atom is -0.337 e. The third kappa shape index (κ3) is 4.12. The number of carbonyl (C=O) groups excluding carboxylic acids is 1. The Morgan fingerprint density at radius 3 is 2.82 bits per heavy atom. The Bertz CT molecular complexity index is 986. The Morgan fingerprint density at radius 2 is 2.14 bits per heavy atom. The summed E-state index contributed by atoms with van der Waals surface area (Å²) >= 11 is 1.23. The predicted molar refractivity (Wildman–Crippen MR) is 111 cm³/mol. The van der Waals surface area contributed by atoms with Gasteiger partial charge in [-0.2, -0.15) is 5.26 Å². The molecule has 0 unspecified atom stereocenters. The summed E-state index contributed by atoms with van der Waals surface area (Å²) < 4.78 is 1.53. The molecule has 1 aromatic carbocycles. The Kier molecular flexibility index (Phi) is 6.20. The standard InChI is InChI=1S/C21H24N4O2S/c1-3-13-25-19(27)16-9-5-6-10-17(16)23-20(25)28-15(2)18(26)24-21(14-22)11-7-4-8-12-21/h3,5-6,9-10,15H,1,4,7-8,11-13H2,2H3,(H,24,26)/t15-/m1/s1. The van der Waals surface area contributed by atoms with Crippen LogP contribution < -0.4 is 10.9 Å². The first-order valence-electron chi connectivity index (χ1n) is 9.50. The highest BCUT2D eigenvalue weighted by Crippen LogP contribution is 2.29. The van der Waals surface area contributed by atoms with Crippen molar-refractivity contribution in [2.45, 2.75) is 61.5 Å². The lowest BCUT2D eigenvalue weighted by molar-refractivity contribution is -0.121. The fourth-order valence-electron chi connectivity index (χ4n) is 3.50. The first-order valence-corrected chi connectivity index (χ1v) is 10.4. The van der Waals surface area contributed by atoms with Gasteiger partial charge in [-0.3, -0.25) is 14.2 Å². The normalized spacial score (nSPS) is 16.9. The summed E-state index contributed by atoms with van der Waals surface area (Å²) in [6, 6.07) is 9.47. The Labute approximate surface area is 168 Å². The number of nitrogens with zero attached hydrogens (tertiary/aromatic N) is 3. The molecule has 0 saturated heterocycles. The first-order chi connectivity index (χ1) is 13.5. The average Bonchev–Trinajstić information content (AvgIpc) is 2.71. The van der Waals surface area contributed by atoms with Crippen LogP contribution in [0.2, 0.25) is 0 Å². The van der Waals surface area contributed by atoms with Crippen molar-refractivity contribution in [2.24, 2.45) is 0 Å². The number of hydrogen-bond donors (Lipinski definition) is 1. The minimum atomic E-state index is -0.776. The van der Waals surface area contributed by atoms with Gasteiger partial charge in [0, 0.05) is 6.54 Å². The van der Waals surface area contributed by atoms with Crippen LogP contribution in [-0.2, 0) is 11.3 Å². The molecule has 1 fully saturated rings. The fourth-order valence-corrected chi connectivity index (χ4v) is 4.41. The van der Waals surface area contributed by atoms with Crippen LogP contribution >= 0.6 is 11.8 Å². The number of fused-ring (bicyclic) bond motifs is 1. The van der Waals surface area contributed by atoms with E-state index in [1.165, 1.54) is 16.3 Å². The number of nitrogens with one attached hydrogen (secondary N) is 1. The SMILES string of the molecule is C=CCn1c(S[C@H](C)C(=O)NC2(C#N)CCCCC2)nc2ccccc2c1=O. The Hall–Kier alpha value is -2.59. The number of rotatable bonds is 6. The number of allylic oxidation sites excluding steroid dienone is 1. The van der Waals surface area contributed by atoms with Gasteiger partial charge in [-0.25, -0.2) is 4.98 Å². The molecule has 1 heterocycles. The van der Waals surface area contributed by atoms with Gasteiger partial charge >= 0.3 is 0 Å². The Morgan fingerprint density at radius 1 is 1.43 bits per heavy atom. The van der Waals surface area contributed by atoms with Gasteiger partial charge < -0.3 is 5.32 Å². The van der Waals surface area contributed by atoms with E-state index in [1.54, 1.807) is 31.2 Å². The molecule has 7 heteroatoms. The summed E-state index contributed by atoms with van der Waals surface area (Å²) in [5.41, 5.74) is -0.327. The highest BCUT2D eigenvalue weighted by Gasteiger charge is 2.35. The highest BCUT2D eigenvalue weighted by molar-refractivity contribution is 8.00. The largest absolute Gasteiger partial charge is 0.337 e. The molecule has 1 aliphatic rings. The van der Waals surface area contributed by atoms with Crippen LogP contribution in [0.5, 0.6) is 0 Å². The van der Waals surface area contributed by atoms with E-state index in [1.807, 2.05) is 6.07 Å². The second kappa shape index (κ2) is 8.61. The molecule has 28 heavy (non-hydrogen) atoms. The third-order valence-electron chi connectivity index (χ3n) is 5.07. The van der Waals surface area contributed by atoms with Crippen LogP contribution in [0.4, 0.5) is 0 Å². The summed E-state index contributed by atoms with van der Waals surface area (Å²) in [7, 11) is 0. The quantitative estimate of drug-likeness (QED) is 0.459. The van der Waals surface area contributed by atoms with Crippen LogP contribution in [0.15, 0.2) is 46.9 Å².